The third-order valence-corrected chi connectivity index (χ3v) is 3.63. The maximum atomic E-state index is 9.97. The van der Waals surface area contributed by atoms with Gasteiger partial charge in [-0.15, -0.1) is 0 Å². The molecule has 1 atom stereocenters. The summed E-state index contributed by atoms with van der Waals surface area (Å²) in [6.07, 6.45) is 6.00. The molecule has 0 spiro atoms. The summed E-state index contributed by atoms with van der Waals surface area (Å²) in [5.41, 5.74) is 3.97. The Balaban J connectivity index is 2.40. The van der Waals surface area contributed by atoms with Crippen molar-refractivity contribution in [3.8, 4) is 5.75 Å². The Morgan fingerprint density at radius 2 is 1.80 bits per heavy atom. The van der Waals surface area contributed by atoms with E-state index in [9.17, 15) is 5.11 Å². The van der Waals surface area contributed by atoms with Crippen LogP contribution < -0.4 is 0 Å². The van der Waals surface area contributed by atoms with Crippen molar-refractivity contribution in [3.63, 3.8) is 0 Å². The van der Waals surface area contributed by atoms with Gasteiger partial charge < -0.3 is 5.11 Å². The quantitative estimate of drug-likeness (QED) is 0.777. The molecule has 15 heavy (non-hydrogen) atoms. The topological polar surface area (TPSA) is 20.2 Å². The van der Waals surface area contributed by atoms with Gasteiger partial charge in [0.05, 0.1) is 0 Å². The van der Waals surface area contributed by atoms with Crippen LogP contribution in [0.4, 0.5) is 0 Å². The van der Waals surface area contributed by atoms with Crippen LogP contribution in [0.3, 0.4) is 0 Å². The fourth-order valence-corrected chi connectivity index (χ4v) is 2.41. The van der Waals surface area contributed by atoms with Crippen molar-refractivity contribution in [1.29, 1.82) is 0 Å². The molecule has 82 valence electrons. The Morgan fingerprint density at radius 3 is 2.40 bits per heavy atom. The molecular weight excluding hydrogens is 184 g/mol. The van der Waals surface area contributed by atoms with Crippen molar-refractivity contribution in [2.45, 2.75) is 51.9 Å². The maximum Gasteiger partial charge on any atom is 0.119 e. The van der Waals surface area contributed by atoms with Crippen LogP contribution in [0, 0.1) is 0 Å². The molecule has 0 aromatic heterocycles. The lowest BCUT2D eigenvalue weighted by molar-refractivity contribution is 0.459. The number of aromatic hydroxyl groups is 1. The molecule has 1 aromatic rings. The molecule has 1 aliphatic rings. The highest BCUT2D eigenvalue weighted by atomic mass is 16.3. The number of phenols is 1. The van der Waals surface area contributed by atoms with Gasteiger partial charge in [0.1, 0.15) is 5.75 Å². The van der Waals surface area contributed by atoms with Crippen LogP contribution in [-0.4, -0.2) is 5.11 Å². The average molecular weight is 204 g/mol. The van der Waals surface area contributed by atoms with Crippen molar-refractivity contribution in [1.82, 2.24) is 0 Å². The molecule has 0 fully saturated rings. The number of phenolic OH excluding ortho intramolecular Hbond substituents is 1. The van der Waals surface area contributed by atoms with E-state index >= 15 is 0 Å². The fraction of sp³-hybridized carbons (Fsp3) is 0.571. The van der Waals surface area contributed by atoms with E-state index in [1.165, 1.54) is 30.4 Å². The summed E-state index contributed by atoms with van der Waals surface area (Å²) in [5.74, 6) is 0.974. The SMILES string of the molecule is CCC(C)c1cc2c(cc1O)CCCC2. The monoisotopic (exact) mass is 204 g/mol. The normalized spacial score (nSPS) is 17.2. The van der Waals surface area contributed by atoms with E-state index in [-0.39, 0.29) is 0 Å². The van der Waals surface area contributed by atoms with Crippen molar-refractivity contribution in [3.05, 3.63) is 28.8 Å². The van der Waals surface area contributed by atoms with Crippen molar-refractivity contribution < 1.29 is 5.11 Å². The van der Waals surface area contributed by atoms with Crippen LogP contribution in [0.15, 0.2) is 12.1 Å². The summed E-state index contributed by atoms with van der Waals surface area (Å²) in [4.78, 5) is 0. The second kappa shape index (κ2) is 4.26. The second-order valence-electron chi connectivity index (χ2n) is 4.70. The van der Waals surface area contributed by atoms with Crippen molar-refractivity contribution in [2.24, 2.45) is 0 Å². The lowest BCUT2D eigenvalue weighted by atomic mass is 9.87. The molecule has 0 radical (unpaired) electrons. The molecule has 2 rings (SSSR count). The van der Waals surface area contributed by atoms with E-state index in [0.717, 1.165) is 18.4 Å². The number of fused-ring (bicyclic) bond motifs is 1. The van der Waals surface area contributed by atoms with Gasteiger partial charge in [-0.1, -0.05) is 19.9 Å². The molecule has 0 saturated heterocycles. The van der Waals surface area contributed by atoms with Gasteiger partial charge in [0.25, 0.3) is 0 Å². The summed E-state index contributed by atoms with van der Waals surface area (Å²) in [6, 6.07) is 4.23. The zero-order valence-electron chi connectivity index (χ0n) is 9.71. The average Bonchev–Trinajstić information content (AvgIpc) is 2.27. The van der Waals surface area contributed by atoms with Gasteiger partial charge in [-0.25, -0.2) is 0 Å². The van der Waals surface area contributed by atoms with Crippen molar-refractivity contribution >= 4 is 0 Å². The Bertz CT molecular complexity index is 355. The highest BCUT2D eigenvalue weighted by Crippen LogP contribution is 2.33. The molecule has 1 N–H and O–H groups in total. The number of hydrogen-bond acceptors (Lipinski definition) is 1. The molecular formula is C14H20O. The molecule has 0 amide bonds. The highest BCUT2D eigenvalue weighted by molar-refractivity contribution is 5.44. The zero-order valence-corrected chi connectivity index (χ0v) is 9.71. The van der Waals surface area contributed by atoms with Crippen LogP contribution in [0.25, 0.3) is 0 Å². The molecule has 1 nitrogen and oxygen atoms in total. The van der Waals surface area contributed by atoms with Gasteiger partial charge in [-0.3, -0.25) is 0 Å². The maximum absolute atomic E-state index is 9.97. The number of aryl methyl sites for hydroxylation is 2. The molecule has 1 unspecified atom stereocenters. The summed E-state index contributed by atoms with van der Waals surface area (Å²) >= 11 is 0. The predicted molar refractivity (Wildman–Crippen MR) is 63.5 cm³/mol. The first kappa shape index (κ1) is 10.5. The van der Waals surface area contributed by atoms with Crippen LogP contribution in [-0.2, 0) is 12.8 Å². The van der Waals surface area contributed by atoms with E-state index in [4.69, 9.17) is 0 Å². The highest BCUT2D eigenvalue weighted by Gasteiger charge is 2.15. The molecule has 1 aliphatic carbocycles. The van der Waals surface area contributed by atoms with Crippen LogP contribution in [0.5, 0.6) is 5.75 Å². The van der Waals surface area contributed by atoms with Gasteiger partial charge >= 0.3 is 0 Å². The van der Waals surface area contributed by atoms with Gasteiger partial charge in [0.2, 0.25) is 0 Å². The van der Waals surface area contributed by atoms with Gasteiger partial charge in [0, 0.05) is 0 Å². The van der Waals surface area contributed by atoms with E-state index in [0.29, 0.717) is 11.7 Å². The predicted octanol–water partition coefficient (Wildman–Crippen LogP) is 3.78. The minimum atomic E-state index is 0.470. The molecule has 0 saturated carbocycles. The van der Waals surface area contributed by atoms with Crippen molar-refractivity contribution in [2.75, 3.05) is 0 Å². The molecule has 1 aromatic carbocycles. The standard InChI is InChI=1S/C14H20O/c1-3-10(2)13-8-11-6-4-5-7-12(11)9-14(13)15/h8-10,15H,3-7H2,1-2H3. The Labute approximate surface area is 92.1 Å². The Kier molecular flexibility index (Phi) is 2.99. The van der Waals surface area contributed by atoms with Crippen LogP contribution in [0.1, 0.15) is 55.7 Å². The smallest absolute Gasteiger partial charge is 0.119 e. The third kappa shape index (κ3) is 2.01. The van der Waals surface area contributed by atoms with Gasteiger partial charge in [-0.05, 0) is 60.8 Å². The summed E-state index contributed by atoms with van der Waals surface area (Å²) < 4.78 is 0. The largest absolute Gasteiger partial charge is 0.508 e. The lowest BCUT2D eigenvalue weighted by Crippen LogP contribution is -2.04. The van der Waals surface area contributed by atoms with Gasteiger partial charge in [-0.2, -0.15) is 0 Å². The summed E-state index contributed by atoms with van der Waals surface area (Å²) in [6.45, 7) is 4.35. The Hall–Kier alpha value is -0.980. The fourth-order valence-electron chi connectivity index (χ4n) is 2.41. The van der Waals surface area contributed by atoms with Crippen LogP contribution in [0.2, 0.25) is 0 Å². The summed E-state index contributed by atoms with van der Waals surface area (Å²) in [5, 5.41) is 9.97. The molecule has 0 aliphatic heterocycles. The number of benzene rings is 1. The number of hydrogen-bond donors (Lipinski definition) is 1. The molecule has 0 bridgehead atoms. The van der Waals surface area contributed by atoms with E-state index < -0.39 is 0 Å². The van der Waals surface area contributed by atoms with E-state index in [1.54, 1.807) is 0 Å². The first-order chi connectivity index (χ1) is 7.22. The first-order valence-electron chi connectivity index (χ1n) is 6.07. The van der Waals surface area contributed by atoms with Gasteiger partial charge in [0.15, 0.2) is 0 Å². The third-order valence-electron chi connectivity index (χ3n) is 3.63. The Morgan fingerprint density at radius 1 is 1.20 bits per heavy atom. The van der Waals surface area contributed by atoms with Crippen LogP contribution >= 0.6 is 0 Å². The zero-order chi connectivity index (χ0) is 10.8. The minimum Gasteiger partial charge on any atom is -0.508 e. The van der Waals surface area contributed by atoms with E-state index in [2.05, 4.69) is 19.9 Å². The molecule has 1 heteroatoms. The second-order valence-corrected chi connectivity index (χ2v) is 4.70. The van der Waals surface area contributed by atoms with E-state index in [1.807, 2.05) is 6.07 Å². The first-order valence-corrected chi connectivity index (χ1v) is 6.07. The molecule has 0 heterocycles. The number of rotatable bonds is 2. The lowest BCUT2D eigenvalue weighted by Gasteiger charge is -2.20. The summed E-state index contributed by atoms with van der Waals surface area (Å²) in [7, 11) is 0. The minimum absolute atomic E-state index is 0.470.